The van der Waals surface area contributed by atoms with Crippen LogP contribution >= 0.6 is 22.7 Å². The molecule has 0 saturated heterocycles. The Kier molecular flexibility index (Phi) is 4.93. The Bertz CT molecular complexity index is 876. The number of aryl methyl sites for hydroxylation is 1. The van der Waals surface area contributed by atoms with Crippen LogP contribution in [-0.2, 0) is 17.8 Å². The Morgan fingerprint density at radius 2 is 2.17 bits per heavy atom. The van der Waals surface area contributed by atoms with Crippen LogP contribution in [0.5, 0.6) is 5.75 Å². The number of thiophene rings is 1. The number of carbonyl (C=O) groups is 1. The van der Waals surface area contributed by atoms with E-state index in [1.807, 2.05) is 42.6 Å². The molecule has 2 heterocycles. The first-order valence-corrected chi connectivity index (χ1v) is 9.27. The third-order valence-electron chi connectivity index (χ3n) is 3.41. The van der Waals surface area contributed by atoms with Crippen LogP contribution in [0.1, 0.15) is 18.7 Å². The SMILES string of the molecule is CCOc1ccc2c(c1)sc(=NC(=O)Cc1cccs1)n2CC. The van der Waals surface area contributed by atoms with E-state index in [0.29, 0.717) is 13.0 Å². The number of thiazole rings is 1. The quantitative estimate of drug-likeness (QED) is 0.704. The van der Waals surface area contributed by atoms with Crippen molar-refractivity contribution in [1.82, 2.24) is 4.57 Å². The molecular formula is C17H18N2O2S2. The van der Waals surface area contributed by atoms with E-state index in [9.17, 15) is 4.79 Å². The van der Waals surface area contributed by atoms with E-state index in [-0.39, 0.29) is 5.91 Å². The molecule has 120 valence electrons. The van der Waals surface area contributed by atoms with Crippen LogP contribution < -0.4 is 9.54 Å². The summed E-state index contributed by atoms with van der Waals surface area (Å²) in [7, 11) is 0. The zero-order valence-electron chi connectivity index (χ0n) is 13.1. The number of aromatic nitrogens is 1. The Morgan fingerprint density at radius 3 is 2.87 bits per heavy atom. The second-order valence-corrected chi connectivity index (χ2v) is 6.99. The normalized spacial score (nSPS) is 12.0. The minimum atomic E-state index is -0.105. The highest BCUT2D eigenvalue weighted by atomic mass is 32.1. The molecule has 0 spiro atoms. The zero-order chi connectivity index (χ0) is 16.2. The zero-order valence-corrected chi connectivity index (χ0v) is 14.7. The van der Waals surface area contributed by atoms with Crippen molar-refractivity contribution in [2.24, 2.45) is 4.99 Å². The number of carbonyl (C=O) groups excluding carboxylic acids is 1. The molecule has 0 saturated carbocycles. The van der Waals surface area contributed by atoms with Crippen LogP contribution in [0, 0.1) is 0 Å². The van der Waals surface area contributed by atoms with E-state index in [4.69, 9.17) is 4.74 Å². The summed E-state index contributed by atoms with van der Waals surface area (Å²) in [6, 6.07) is 9.92. The average molecular weight is 346 g/mol. The predicted octanol–water partition coefficient (Wildman–Crippen LogP) is 3.85. The monoisotopic (exact) mass is 346 g/mol. The van der Waals surface area contributed by atoms with E-state index >= 15 is 0 Å². The summed E-state index contributed by atoms with van der Waals surface area (Å²) in [5, 5.41) is 1.98. The lowest BCUT2D eigenvalue weighted by atomic mass is 10.3. The topological polar surface area (TPSA) is 43.6 Å². The molecule has 6 heteroatoms. The fourth-order valence-corrected chi connectivity index (χ4v) is 4.24. The fourth-order valence-electron chi connectivity index (χ4n) is 2.41. The molecule has 0 N–H and O–H groups in total. The van der Waals surface area contributed by atoms with E-state index in [1.165, 1.54) is 11.3 Å². The molecule has 0 unspecified atom stereocenters. The molecule has 3 aromatic rings. The maximum atomic E-state index is 12.2. The third-order valence-corrected chi connectivity index (χ3v) is 5.32. The van der Waals surface area contributed by atoms with Crippen LogP contribution in [0.4, 0.5) is 0 Å². The molecule has 23 heavy (non-hydrogen) atoms. The first-order valence-electron chi connectivity index (χ1n) is 7.57. The van der Waals surface area contributed by atoms with Crippen molar-refractivity contribution >= 4 is 38.8 Å². The number of nitrogens with zero attached hydrogens (tertiary/aromatic N) is 2. The molecule has 3 rings (SSSR count). The predicted molar refractivity (Wildman–Crippen MR) is 95.3 cm³/mol. The maximum Gasteiger partial charge on any atom is 0.253 e. The van der Waals surface area contributed by atoms with Crippen molar-refractivity contribution in [2.75, 3.05) is 6.61 Å². The van der Waals surface area contributed by atoms with Gasteiger partial charge in [-0.15, -0.1) is 11.3 Å². The third kappa shape index (κ3) is 3.54. The van der Waals surface area contributed by atoms with Gasteiger partial charge in [-0.25, -0.2) is 0 Å². The molecule has 0 aliphatic rings. The first-order chi connectivity index (χ1) is 11.2. The van der Waals surface area contributed by atoms with Gasteiger partial charge in [-0.1, -0.05) is 17.4 Å². The molecule has 0 radical (unpaired) electrons. The number of amides is 1. The first kappa shape index (κ1) is 16.0. The smallest absolute Gasteiger partial charge is 0.253 e. The Hall–Kier alpha value is -1.92. The lowest BCUT2D eigenvalue weighted by Gasteiger charge is -2.03. The molecule has 0 bridgehead atoms. The number of hydrogen-bond donors (Lipinski definition) is 0. The van der Waals surface area contributed by atoms with Gasteiger partial charge in [0.2, 0.25) is 0 Å². The summed E-state index contributed by atoms with van der Waals surface area (Å²) in [5.41, 5.74) is 1.09. The molecule has 0 aliphatic carbocycles. The summed E-state index contributed by atoms with van der Waals surface area (Å²) in [6.45, 7) is 5.44. The molecule has 1 aromatic carbocycles. The van der Waals surface area contributed by atoms with Gasteiger partial charge in [0.1, 0.15) is 5.75 Å². The summed E-state index contributed by atoms with van der Waals surface area (Å²) in [6.07, 6.45) is 0.361. The number of ether oxygens (including phenoxy) is 1. The van der Waals surface area contributed by atoms with Crippen molar-refractivity contribution < 1.29 is 9.53 Å². The van der Waals surface area contributed by atoms with Gasteiger partial charge in [0.05, 0.1) is 23.2 Å². The number of rotatable bonds is 5. The van der Waals surface area contributed by atoms with E-state index in [2.05, 4.69) is 16.5 Å². The van der Waals surface area contributed by atoms with Crippen LogP contribution in [0.2, 0.25) is 0 Å². The maximum absolute atomic E-state index is 12.2. The van der Waals surface area contributed by atoms with Gasteiger partial charge < -0.3 is 9.30 Å². The van der Waals surface area contributed by atoms with E-state index < -0.39 is 0 Å². The van der Waals surface area contributed by atoms with Crippen molar-refractivity contribution in [3.05, 3.63) is 45.4 Å². The van der Waals surface area contributed by atoms with Gasteiger partial charge in [0, 0.05) is 11.4 Å². The van der Waals surface area contributed by atoms with Gasteiger partial charge in [0.25, 0.3) is 5.91 Å². The van der Waals surface area contributed by atoms with E-state index in [1.54, 1.807) is 11.3 Å². The highest BCUT2D eigenvalue weighted by Crippen LogP contribution is 2.23. The van der Waals surface area contributed by atoms with E-state index in [0.717, 1.165) is 32.2 Å². The summed E-state index contributed by atoms with van der Waals surface area (Å²) < 4.78 is 8.70. The molecule has 0 atom stereocenters. The minimum Gasteiger partial charge on any atom is -0.494 e. The Balaban J connectivity index is 1.98. The van der Waals surface area contributed by atoms with Gasteiger partial charge in [-0.3, -0.25) is 4.79 Å². The second kappa shape index (κ2) is 7.10. The second-order valence-electron chi connectivity index (χ2n) is 4.95. The van der Waals surface area contributed by atoms with Gasteiger partial charge in [-0.2, -0.15) is 4.99 Å². The largest absolute Gasteiger partial charge is 0.494 e. The molecule has 0 fully saturated rings. The van der Waals surface area contributed by atoms with Gasteiger partial charge in [0.15, 0.2) is 4.80 Å². The molecule has 1 amide bonds. The molecule has 0 aliphatic heterocycles. The van der Waals surface area contributed by atoms with Crippen molar-refractivity contribution in [3.63, 3.8) is 0 Å². The number of benzene rings is 1. The lowest BCUT2D eigenvalue weighted by Crippen LogP contribution is -2.16. The molecular weight excluding hydrogens is 328 g/mol. The fraction of sp³-hybridized carbons (Fsp3) is 0.294. The molecule has 2 aromatic heterocycles. The van der Waals surface area contributed by atoms with Crippen molar-refractivity contribution in [3.8, 4) is 5.75 Å². The molecule has 4 nitrogen and oxygen atoms in total. The highest BCUT2D eigenvalue weighted by molar-refractivity contribution is 7.16. The lowest BCUT2D eigenvalue weighted by molar-refractivity contribution is -0.117. The average Bonchev–Trinajstić information content (AvgIpc) is 3.14. The van der Waals surface area contributed by atoms with Crippen LogP contribution in [0.3, 0.4) is 0 Å². The van der Waals surface area contributed by atoms with Crippen molar-refractivity contribution in [1.29, 1.82) is 0 Å². The van der Waals surface area contributed by atoms with Crippen LogP contribution in [-0.4, -0.2) is 17.1 Å². The van der Waals surface area contributed by atoms with Crippen molar-refractivity contribution in [2.45, 2.75) is 26.8 Å². The minimum absolute atomic E-state index is 0.105. The summed E-state index contributed by atoms with van der Waals surface area (Å²) in [4.78, 5) is 18.3. The Morgan fingerprint density at radius 1 is 1.30 bits per heavy atom. The highest BCUT2D eigenvalue weighted by Gasteiger charge is 2.09. The number of hydrogen-bond acceptors (Lipinski definition) is 4. The summed E-state index contributed by atoms with van der Waals surface area (Å²) in [5.74, 6) is 0.743. The van der Waals surface area contributed by atoms with Crippen LogP contribution in [0.25, 0.3) is 10.2 Å². The summed E-state index contributed by atoms with van der Waals surface area (Å²) >= 11 is 3.11. The number of fused-ring (bicyclic) bond motifs is 1. The van der Waals surface area contributed by atoms with Gasteiger partial charge in [-0.05, 0) is 43.5 Å². The van der Waals surface area contributed by atoms with Gasteiger partial charge >= 0.3 is 0 Å². The standard InChI is InChI=1S/C17H18N2O2S2/c1-3-19-14-8-7-12(21-4-2)10-15(14)23-17(19)18-16(20)11-13-6-5-9-22-13/h5-10H,3-4,11H2,1-2H3. The van der Waals surface area contributed by atoms with Crippen LogP contribution in [0.15, 0.2) is 40.7 Å². The Labute approximate surface area is 142 Å².